The summed E-state index contributed by atoms with van der Waals surface area (Å²) in [5.41, 5.74) is 3.68. The maximum atomic E-state index is 12.5. The summed E-state index contributed by atoms with van der Waals surface area (Å²) in [6.07, 6.45) is 4.29. The van der Waals surface area contributed by atoms with E-state index in [9.17, 15) is 4.79 Å². The molecule has 0 fully saturated rings. The van der Waals surface area contributed by atoms with Crippen molar-refractivity contribution >= 4 is 11.3 Å². The van der Waals surface area contributed by atoms with Crippen molar-refractivity contribution in [3.63, 3.8) is 0 Å². The molecule has 0 aliphatic carbocycles. The summed E-state index contributed by atoms with van der Waals surface area (Å²) < 4.78 is 3.21. The molecule has 0 spiro atoms. The number of anilines is 1. The van der Waals surface area contributed by atoms with Gasteiger partial charge in [-0.15, -0.1) is 5.10 Å². The highest BCUT2D eigenvalue weighted by Gasteiger charge is 2.17. The van der Waals surface area contributed by atoms with E-state index in [1.54, 1.807) is 16.8 Å². The Morgan fingerprint density at radius 1 is 1.20 bits per heavy atom. The predicted molar refractivity (Wildman–Crippen MR) is 75.0 cm³/mol. The van der Waals surface area contributed by atoms with Gasteiger partial charge >= 0.3 is 5.69 Å². The molecule has 100 valence electrons. The zero-order chi connectivity index (χ0) is 13.5. The average molecular weight is 267 g/mol. The molecule has 1 aliphatic rings. The summed E-state index contributed by atoms with van der Waals surface area (Å²) in [7, 11) is 0. The average Bonchev–Trinajstić information content (AvgIpc) is 3.05. The van der Waals surface area contributed by atoms with E-state index in [-0.39, 0.29) is 5.69 Å². The van der Waals surface area contributed by atoms with Crippen LogP contribution in [-0.2, 0) is 13.0 Å². The number of rotatable bonds is 2. The summed E-state index contributed by atoms with van der Waals surface area (Å²) in [5, 5.41) is 7.68. The van der Waals surface area contributed by atoms with Gasteiger partial charge in [-0.3, -0.25) is 4.98 Å². The van der Waals surface area contributed by atoms with Crippen LogP contribution in [0.2, 0.25) is 0 Å². The van der Waals surface area contributed by atoms with Crippen molar-refractivity contribution in [3.05, 3.63) is 58.4 Å². The Balaban J connectivity index is 1.86. The van der Waals surface area contributed by atoms with Crippen LogP contribution in [0.15, 0.2) is 41.5 Å². The monoisotopic (exact) mass is 267 g/mol. The van der Waals surface area contributed by atoms with Gasteiger partial charge in [0.2, 0.25) is 0 Å². The fraction of sp³-hybridized carbons (Fsp3) is 0.214. The maximum absolute atomic E-state index is 12.5. The van der Waals surface area contributed by atoms with Crippen molar-refractivity contribution in [2.45, 2.75) is 13.0 Å². The maximum Gasteiger partial charge on any atom is 0.350 e. The molecule has 20 heavy (non-hydrogen) atoms. The Kier molecular flexibility index (Phi) is 2.35. The Hall–Kier alpha value is -2.63. The van der Waals surface area contributed by atoms with Crippen LogP contribution < -0.4 is 11.0 Å². The lowest BCUT2D eigenvalue weighted by Gasteiger charge is -2.00. The van der Waals surface area contributed by atoms with E-state index < -0.39 is 0 Å². The van der Waals surface area contributed by atoms with E-state index in [1.165, 1.54) is 4.68 Å². The van der Waals surface area contributed by atoms with Crippen LogP contribution in [0, 0.1) is 0 Å². The molecule has 4 rings (SSSR count). The van der Waals surface area contributed by atoms with Gasteiger partial charge in [0.05, 0.1) is 17.9 Å². The zero-order valence-electron chi connectivity index (χ0n) is 10.8. The molecule has 6 heteroatoms. The fourth-order valence-electron chi connectivity index (χ4n) is 2.65. The van der Waals surface area contributed by atoms with Gasteiger partial charge in [-0.25, -0.2) is 13.9 Å². The molecule has 3 aromatic rings. The topological polar surface area (TPSA) is 64.2 Å². The zero-order valence-corrected chi connectivity index (χ0v) is 10.8. The normalized spacial score (nSPS) is 13.4. The van der Waals surface area contributed by atoms with Crippen LogP contribution in [0.1, 0.15) is 11.3 Å². The minimum atomic E-state index is -0.0858. The van der Waals surface area contributed by atoms with E-state index >= 15 is 0 Å². The highest BCUT2D eigenvalue weighted by molar-refractivity contribution is 5.58. The van der Waals surface area contributed by atoms with Crippen LogP contribution in [-0.4, -0.2) is 25.7 Å². The minimum absolute atomic E-state index is 0.0858. The van der Waals surface area contributed by atoms with Gasteiger partial charge in [-0.2, -0.15) is 0 Å². The molecule has 0 saturated carbocycles. The second-order valence-corrected chi connectivity index (χ2v) is 4.86. The Morgan fingerprint density at radius 2 is 2.05 bits per heavy atom. The quantitative estimate of drug-likeness (QED) is 0.749. The number of nitrogens with zero attached hydrogens (tertiary/aromatic N) is 4. The second-order valence-electron chi connectivity index (χ2n) is 4.86. The molecular formula is C14H13N5O. The van der Waals surface area contributed by atoms with Crippen LogP contribution in [0.3, 0.4) is 0 Å². The summed E-state index contributed by atoms with van der Waals surface area (Å²) in [6, 6.07) is 7.65. The van der Waals surface area contributed by atoms with Gasteiger partial charge in [0.1, 0.15) is 0 Å². The Labute approximate surface area is 114 Å². The van der Waals surface area contributed by atoms with Crippen molar-refractivity contribution < 1.29 is 0 Å². The van der Waals surface area contributed by atoms with Crippen LogP contribution in [0.25, 0.3) is 5.65 Å². The van der Waals surface area contributed by atoms with Gasteiger partial charge in [0, 0.05) is 25.4 Å². The number of nitrogens with one attached hydrogen (secondary N) is 1. The Bertz CT molecular complexity index is 834. The van der Waals surface area contributed by atoms with Crippen LogP contribution in [0.5, 0.6) is 0 Å². The fourth-order valence-corrected chi connectivity index (χ4v) is 2.65. The first-order chi connectivity index (χ1) is 9.83. The second kappa shape index (κ2) is 4.19. The molecule has 0 radical (unpaired) electrons. The lowest BCUT2D eigenvalue weighted by molar-refractivity contribution is 0.656. The van der Waals surface area contributed by atoms with Crippen LogP contribution in [0.4, 0.5) is 5.69 Å². The molecule has 0 aromatic carbocycles. The van der Waals surface area contributed by atoms with Crippen molar-refractivity contribution in [2.24, 2.45) is 0 Å². The van der Waals surface area contributed by atoms with E-state index in [4.69, 9.17) is 0 Å². The Morgan fingerprint density at radius 3 is 2.90 bits per heavy atom. The van der Waals surface area contributed by atoms with E-state index in [0.29, 0.717) is 12.2 Å². The molecule has 3 aromatic heterocycles. The number of pyridine rings is 2. The molecule has 0 amide bonds. The van der Waals surface area contributed by atoms with Gasteiger partial charge in [0.25, 0.3) is 0 Å². The molecule has 0 atom stereocenters. The van der Waals surface area contributed by atoms with Gasteiger partial charge in [-0.05, 0) is 29.8 Å². The molecule has 0 unspecified atom stereocenters. The van der Waals surface area contributed by atoms with E-state index in [1.807, 2.05) is 24.3 Å². The molecule has 0 saturated heterocycles. The molecule has 1 N–H and O–H groups in total. The van der Waals surface area contributed by atoms with Crippen molar-refractivity contribution in [3.8, 4) is 0 Å². The first kappa shape index (κ1) is 11.2. The third kappa shape index (κ3) is 1.61. The van der Waals surface area contributed by atoms with Gasteiger partial charge in [0.15, 0.2) is 5.65 Å². The summed E-state index contributed by atoms with van der Waals surface area (Å²) >= 11 is 0. The summed E-state index contributed by atoms with van der Waals surface area (Å²) in [6.45, 7) is 1.33. The SMILES string of the molecule is O=c1n(Cc2ccncc2)nc2ccc3c(n12)CCN3. The smallest absolute Gasteiger partial charge is 0.350 e. The van der Waals surface area contributed by atoms with Crippen LogP contribution >= 0.6 is 0 Å². The summed E-state index contributed by atoms with van der Waals surface area (Å²) in [4.78, 5) is 16.5. The number of hydrogen-bond donors (Lipinski definition) is 1. The first-order valence-corrected chi connectivity index (χ1v) is 6.57. The van der Waals surface area contributed by atoms with E-state index in [2.05, 4.69) is 15.4 Å². The molecule has 0 bridgehead atoms. The third-order valence-corrected chi connectivity index (χ3v) is 3.60. The molecule has 1 aliphatic heterocycles. The lowest BCUT2D eigenvalue weighted by atomic mass is 10.3. The van der Waals surface area contributed by atoms with Gasteiger partial charge < -0.3 is 5.32 Å². The number of fused-ring (bicyclic) bond motifs is 3. The summed E-state index contributed by atoms with van der Waals surface area (Å²) in [5.74, 6) is 0. The number of hydrogen-bond acceptors (Lipinski definition) is 4. The minimum Gasteiger partial charge on any atom is -0.383 e. The van der Waals surface area contributed by atoms with Gasteiger partial charge in [-0.1, -0.05) is 0 Å². The molecular weight excluding hydrogens is 254 g/mol. The third-order valence-electron chi connectivity index (χ3n) is 3.60. The van der Waals surface area contributed by atoms with Crippen molar-refractivity contribution in [2.75, 3.05) is 11.9 Å². The lowest BCUT2D eigenvalue weighted by Crippen LogP contribution is -2.23. The number of aromatic nitrogens is 4. The first-order valence-electron chi connectivity index (χ1n) is 6.57. The van der Waals surface area contributed by atoms with E-state index in [0.717, 1.165) is 29.9 Å². The largest absolute Gasteiger partial charge is 0.383 e. The highest BCUT2D eigenvalue weighted by Crippen LogP contribution is 2.21. The van der Waals surface area contributed by atoms with Crippen molar-refractivity contribution in [1.29, 1.82) is 0 Å². The highest BCUT2D eigenvalue weighted by atomic mass is 16.2. The van der Waals surface area contributed by atoms with Crippen molar-refractivity contribution in [1.82, 2.24) is 19.2 Å². The predicted octanol–water partition coefficient (Wildman–Crippen LogP) is 0.907. The molecule has 4 heterocycles. The standard InChI is InChI=1S/C14H13N5O/c20-14-18(9-10-3-6-15-7-4-10)17-13-2-1-11-12(19(13)14)5-8-16-11/h1-4,6-7,16H,5,8-9H2. The molecule has 6 nitrogen and oxygen atoms in total.